The third-order valence-corrected chi connectivity index (χ3v) is 11.2. The Balaban J connectivity index is 0.000000687. The van der Waals surface area contributed by atoms with Crippen molar-refractivity contribution in [3.63, 3.8) is 0 Å². The number of ether oxygens (including phenoxy) is 1. The number of rotatable bonds is 8. The molecule has 4 rings (SSSR count). The summed E-state index contributed by atoms with van der Waals surface area (Å²) in [6.07, 6.45) is 17.8. The Morgan fingerprint density at radius 1 is 1.08 bits per heavy atom. The van der Waals surface area contributed by atoms with E-state index in [0.717, 1.165) is 48.3 Å². The van der Waals surface area contributed by atoms with Crippen LogP contribution in [0.3, 0.4) is 0 Å². The van der Waals surface area contributed by atoms with Crippen molar-refractivity contribution in [2.24, 2.45) is 46.3 Å². The van der Waals surface area contributed by atoms with Crippen LogP contribution >= 0.6 is 0 Å². The molecular formula is C34H56O4Y. The molecule has 0 aromatic heterocycles. The molecule has 3 fully saturated rings. The second kappa shape index (κ2) is 14.6. The van der Waals surface area contributed by atoms with Gasteiger partial charge in [0.25, 0.3) is 0 Å². The van der Waals surface area contributed by atoms with E-state index in [9.17, 15) is 9.59 Å². The summed E-state index contributed by atoms with van der Waals surface area (Å²) in [5.41, 5.74) is 2.71. The minimum Gasteiger partial charge on any atom is -0.478 e. The quantitative estimate of drug-likeness (QED) is 0.168. The molecule has 0 spiro atoms. The number of carboxylic acid groups (broad SMARTS) is 1. The van der Waals surface area contributed by atoms with Gasteiger partial charge < -0.3 is 9.84 Å². The second-order valence-corrected chi connectivity index (χ2v) is 14.1. The largest absolute Gasteiger partial charge is 0.478 e. The molecule has 5 heteroatoms. The number of esters is 1. The number of carbonyl (C=O) groups excluding carboxylic acids is 1. The van der Waals surface area contributed by atoms with E-state index in [1.165, 1.54) is 64.7 Å². The van der Waals surface area contributed by atoms with Crippen molar-refractivity contribution in [1.29, 1.82) is 0 Å². The fourth-order valence-electron chi connectivity index (χ4n) is 9.02. The first kappa shape index (κ1) is 34.7. The Morgan fingerprint density at radius 3 is 2.33 bits per heavy atom. The molecule has 1 radical (unpaired) electrons. The van der Waals surface area contributed by atoms with Crippen LogP contribution in [0.2, 0.25) is 0 Å². The maximum absolute atomic E-state index is 11.9. The van der Waals surface area contributed by atoms with Crippen molar-refractivity contribution in [3.8, 4) is 0 Å². The molecule has 0 saturated heterocycles. The molecule has 0 heterocycles. The molecule has 0 aliphatic heterocycles. The van der Waals surface area contributed by atoms with E-state index in [4.69, 9.17) is 9.84 Å². The molecule has 0 aromatic carbocycles. The first-order valence-electron chi connectivity index (χ1n) is 15.6. The number of carboxylic acids is 1. The van der Waals surface area contributed by atoms with Crippen LogP contribution in [0.1, 0.15) is 126 Å². The fraction of sp³-hybridized carbons (Fsp3) is 0.824. The number of carbonyl (C=O) groups is 2. The standard InChI is InChI=1S/C30H50O2.C4H6O2.Y/c1-7-28(31)32-23-15-17-29(5)22(19-23)11-12-24-26-14-13-25(21(4)10-8-9-20(2)3)30(26,6)18-16-27(24)29;1-3(2)4(5)6;/h11,20-21,23-27H,7-10,12-19H2,1-6H3;1H2,2H3,(H,5,6);. The van der Waals surface area contributed by atoms with Gasteiger partial charge in [0, 0.05) is 51.1 Å². The monoisotopic (exact) mass is 617 g/mol. The number of hydrogen-bond donors (Lipinski definition) is 1. The normalized spacial score (nSPS) is 35.6. The van der Waals surface area contributed by atoms with Crippen LogP contribution in [0.25, 0.3) is 0 Å². The molecule has 4 aliphatic carbocycles. The van der Waals surface area contributed by atoms with Crippen molar-refractivity contribution in [2.75, 3.05) is 0 Å². The van der Waals surface area contributed by atoms with Gasteiger partial charge in [-0.25, -0.2) is 4.79 Å². The van der Waals surface area contributed by atoms with Gasteiger partial charge in [0.05, 0.1) is 0 Å². The molecule has 4 aliphatic rings. The van der Waals surface area contributed by atoms with E-state index < -0.39 is 5.97 Å². The minimum atomic E-state index is -0.935. The summed E-state index contributed by atoms with van der Waals surface area (Å²) in [6.45, 7) is 19.1. The van der Waals surface area contributed by atoms with Gasteiger partial charge in [0.2, 0.25) is 0 Å². The van der Waals surface area contributed by atoms with Crippen molar-refractivity contribution >= 4 is 11.9 Å². The van der Waals surface area contributed by atoms with Gasteiger partial charge >= 0.3 is 11.9 Å². The van der Waals surface area contributed by atoms with Crippen LogP contribution in [0.5, 0.6) is 0 Å². The zero-order valence-electron chi connectivity index (χ0n) is 26.1. The second-order valence-electron chi connectivity index (χ2n) is 14.1. The Labute approximate surface area is 264 Å². The fourth-order valence-corrected chi connectivity index (χ4v) is 9.02. The van der Waals surface area contributed by atoms with Crippen LogP contribution < -0.4 is 0 Å². The summed E-state index contributed by atoms with van der Waals surface area (Å²) in [5, 5.41) is 7.89. The summed E-state index contributed by atoms with van der Waals surface area (Å²) in [5.74, 6) is 4.34. The van der Waals surface area contributed by atoms with Gasteiger partial charge in [-0.15, -0.1) is 0 Å². The molecule has 8 atom stereocenters. The smallest absolute Gasteiger partial charge is 0.330 e. The number of hydrogen-bond acceptors (Lipinski definition) is 3. The summed E-state index contributed by atoms with van der Waals surface area (Å²) < 4.78 is 5.76. The first-order valence-corrected chi connectivity index (χ1v) is 15.6. The molecule has 1 N–H and O–H groups in total. The molecule has 0 bridgehead atoms. The average Bonchev–Trinajstić information content (AvgIpc) is 3.21. The van der Waals surface area contributed by atoms with Crippen LogP contribution in [-0.4, -0.2) is 23.1 Å². The Hall–Kier alpha value is -0.476. The zero-order chi connectivity index (χ0) is 28.3. The van der Waals surface area contributed by atoms with Crippen LogP contribution in [0.4, 0.5) is 0 Å². The van der Waals surface area contributed by atoms with Crippen molar-refractivity contribution in [2.45, 2.75) is 132 Å². The van der Waals surface area contributed by atoms with E-state index in [2.05, 4.69) is 47.3 Å². The van der Waals surface area contributed by atoms with Gasteiger partial charge in [0.15, 0.2) is 0 Å². The van der Waals surface area contributed by atoms with Crippen molar-refractivity contribution in [3.05, 3.63) is 23.8 Å². The Bertz CT molecular complexity index is 882. The van der Waals surface area contributed by atoms with Crippen molar-refractivity contribution < 1.29 is 52.1 Å². The molecule has 39 heavy (non-hydrogen) atoms. The maximum atomic E-state index is 11.9. The van der Waals surface area contributed by atoms with Crippen LogP contribution in [0, 0.1) is 46.3 Å². The molecule has 219 valence electrons. The van der Waals surface area contributed by atoms with Gasteiger partial charge in [-0.2, -0.15) is 0 Å². The molecule has 0 amide bonds. The summed E-state index contributed by atoms with van der Waals surface area (Å²) >= 11 is 0. The van der Waals surface area contributed by atoms with Gasteiger partial charge in [-0.1, -0.05) is 79.0 Å². The third-order valence-electron chi connectivity index (χ3n) is 11.2. The van der Waals surface area contributed by atoms with Crippen LogP contribution in [0.15, 0.2) is 23.8 Å². The SMILES string of the molecule is C=C(C)C(=O)O.CCC(=O)OC1CCC2(C)C(=CCC3C2CCC2(C)C(C(C)CCCC(C)C)CCC32)C1.[Y]. The van der Waals surface area contributed by atoms with E-state index in [1.54, 1.807) is 5.57 Å². The molecule has 8 unspecified atom stereocenters. The van der Waals surface area contributed by atoms with Crippen LogP contribution in [-0.2, 0) is 47.0 Å². The first-order chi connectivity index (χ1) is 17.8. The molecule has 0 aromatic rings. The third kappa shape index (κ3) is 7.88. The summed E-state index contributed by atoms with van der Waals surface area (Å²) in [7, 11) is 0. The number of aliphatic carboxylic acids is 1. The minimum absolute atomic E-state index is 0. The molecule has 4 nitrogen and oxygen atoms in total. The van der Waals surface area contributed by atoms with E-state index in [0.29, 0.717) is 17.3 Å². The Kier molecular flexibility index (Phi) is 13.0. The maximum Gasteiger partial charge on any atom is 0.330 e. The molecule has 3 saturated carbocycles. The number of fused-ring (bicyclic) bond motifs is 5. The Morgan fingerprint density at radius 2 is 1.74 bits per heavy atom. The van der Waals surface area contributed by atoms with Gasteiger partial charge in [-0.05, 0) is 98.2 Å². The van der Waals surface area contributed by atoms with Crippen molar-refractivity contribution in [1.82, 2.24) is 0 Å². The predicted molar refractivity (Wildman–Crippen MR) is 156 cm³/mol. The van der Waals surface area contributed by atoms with E-state index in [-0.39, 0.29) is 50.4 Å². The van der Waals surface area contributed by atoms with Gasteiger partial charge in [0.1, 0.15) is 6.10 Å². The predicted octanol–water partition coefficient (Wildman–Crippen LogP) is 8.99. The number of allylic oxidation sites excluding steroid dienone is 1. The average molecular weight is 618 g/mol. The topological polar surface area (TPSA) is 63.6 Å². The zero-order valence-corrected chi connectivity index (χ0v) is 28.9. The molecular weight excluding hydrogens is 561 g/mol. The van der Waals surface area contributed by atoms with Gasteiger partial charge in [-0.3, -0.25) is 4.79 Å². The van der Waals surface area contributed by atoms with E-state index >= 15 is 0 Å². The van der Waals surface area contributed by atoms with E-state index in [1.807, 2.05) is 6.92 Å². The summed E-state index contributed by atoms with van der Waals surface area (Å²) in [4.78, 5) is 21.5. The summed E-state index contributed by atoms with van der Waals surface area (Å²) in [6, 6.07) is 0.